The van der Waals surface area contributed by atoms with E-state index >= 15 is 0 Å². The molecule has 0 saturated heterocycles. The number of para-hydroxylation sites is 1. The van der Waals surface area contributed by atoms with Gasteiger partial charge in [-0.15, -0.1) is 24.0 Å². The van der Waals surface area contributed by atoms with E-state index in [9.17, 15) is 0 Å². The van der Waals surface area contributed by atoms with Gasteiger partial charge in [-0.1, -0.05) is 18.2 Å². The number of ether oxygens (including phenoxy) is 2. The first-order valence-electron chi connectivity index (χ1n) is 7.89. The second-order valence-corrected chi connectivity index (χ2v) is 5.23. The smallest absolute Gasteiger partial charge is 0.191 e. The third kappa shape index (κ3) is 9.65. The lowest BCUT2D eigenvalue weighted by Gasteiger charge is -2.17. The Morgan fingerprint density at radius 1 is 1.30 bits per heavy atom. The molecule has 23 heavy (non-hydrogen) atoms. The predicted molar refractivity (Wildman–Crippen MR) is 107 cm³/mol. The van der Waals surface area contributed by atoms with Crippen molar-refractivity contribution < 1.29 is 9.47 Å². The number of nitrogens with zero attached hydrogens (tertiary/aromatic N) is 1. The molecule has 0 heterocycles. The second-order valence-electron chi connectivity index (χ2n) is 5.23. The molecule has 0 aliphatic rings. The Kier molecular flexibility index (Phi) is 12.8. The zero-order chi connectivity index (χ0) is 16.2. The number of rotatable bonds is 9. The molecule has 0 fully saturated rings. The van der Waals surface area contributed by atoms with E-state index in [1.807, 2.05) is 18.2 Å². The van der Waals surface area contributed by atoms with Crippen molar-refractivity contribution in [3.05, 3.63) is 29.8 Å². The number of aryl methyl sites for hydroxylation is 1. The summed E-state index contributed by atoms with van der Waals surface area (Å²) in [5.41, 5.74) is 1.16. The fourth-order valence-corrected chi connectivity index (χ4v) is 2.00. The Balaban J connectivity index is 0.00000484. The molecule has 0 radical (unpaired) electrons. The molecule has 1 aromatic rings. The minimum atomic E-state index is 0. The molecule has 1 unspecified atom stereocenters. The quantitative estimate of drug-likeness (QED) is 0.271. The van der Waals surface area contributed by atoms with Gasteiger partial charge in [-0.25, -0.2) is 0 Å². The van der Waals surface area contributed by atoms with Crippen molar-refractivity contribution in [1.29, 1.82) is 0 Å². The monoisotopic (exact) mass is 435 g/mol. The second kappa shape index (κ2) is 13.4. The van der Waals surface area contributed by atoms with Crippen molar-refractivity contribution in [3.8, 4) is 5.75 Å². The van der Waals surface area contributed by atoms with Crippen LogP contribution in [-0.4, -0.2) is 45.4 Å². The fourth-order valence-electron chi connectivity index (χ4n) is 2.00. The molecule has 1 aromatic carbocycles. The van der Waals surface area contributed by atoms with Crippen LogP contribution in [0.25, 0.3) is 0 Å². The molecular formula is C17H30IN3O2. The average Bonchev–Trinajstić information content (AvgIpc) is 2.49. The van der Waals surface area contributed by atoms with E-state index < -0.39 is 0 Å². The van der Waals surface area contributed by atoms with Crippen molar-refractivity contribution in [1.82, 2.24) is 10.6 Å². The highest BCUT2D eigenvalue weighted by molar-refractivity contribution is 14.0. The summed E-state index contributed by atoms with van der Waals surface area (Å²) in [6.45, 7) is 9.06. The summed E-state index contributed by atoms with van der Waals surface area (Å²) >= 11 is 0. The molecule has 0 spiro atoms. The maximum atomic E-state index is 5.77. The fraction of sp³-hybridized carbons (Fsp3) is 0.588. The van der Waals surface area contributed by atoms with E-state index in [2.05, 4.69) is 42.5 Å². The zero-order valence-electron chi connectivity index (χ0n) is 14.6. The summed E-state index contributed by atoms with van der Waals surface area (Å²) in [6, 6.07) is 8.28. The number of benzene rings is 1. The van der Waals surface area contributed by atoms with Gasteiger partial charge in [0.25, 0.3) is 0 Å². The third-order valence-electron chi connectivity index (χ3n) is 3.07. The van der Waals surface area contributed by atoms with Crippen molar-refractivity contribution >= 4 is 29.9 Å². The van der Waals surface area contributed by atoms with Crippen LogP contribution >= 0.6 is 24.0 Å². The topological polar surface area (TPSA) is 54.9 Å². The van der Waals surface area contributed by atoms with Crippen molar-refractivity contribution in [2.24, 2.45) is 4.99 Å². The van der Waals surface area contributed by atoms with Crippen LogP contribution < -0.4 is 15.4 Å². The number of hydrogen-bond acceptors (Lipinski definition) is 3. The highest BCUT2D eigenvalue weighted by atomic mass is 127. The first-order valence-corrected chi connectivity index (χ1v) is 7.89. The molecule has 0 bridgehead atoms. The molecular weight excluding hydrogens is 405 g/mol. The lowest BCUT2D eigenvalue weighted by Crippen LogP contribution is -2.44. The molecule has 0 aromatic heterocycles. The highest BCUT2D eigenvalue weighted by Gasteiger charge is 2.04. The van der Waals surface area contributed by atoms with Crippen LogP contribution in [-0.2, 0) is 4.74 Å². The van der Waals surface area contributed by atoms with Crippen LogP contribution in [0.1, 0.15) is 25.8 Å². The maximum Gasteiger partial charge on any atom is 0.191 e. The van der Waals surface area contributed by atoms with E-state index in [1.54, 1.807) is 7.11 Å². The Bertz CT molecular complexity index is 455. The summed E-state index contributed by atoms with van der Waals surface area (Å²) < 4.78 is 10.9. The van der Waals surface area contributed by atoms with Crippen molar-refractivity contribution in [2.45, 2.75) is 33.2 Å². The lowest BCUT2D eigenvalue weighted by molar-refractivity contribution is 0.179. The molecule has 0 amide bonds. The normalized spacial score (nSPS) is 12.3. The summed E-state index contributed by atoms with van der Waals surface area (Å²) in [5, 5.41) is 6.54. The SMILES string of the molecule is CCNC(=NCCCOc1ccccc1C)NC(C)COC.I. The van der Waals surface area contributed by atoms with Crippen molar-refractivity contribution in [3.63, 3.8) is 0 Å². The van der Waals surface area contributed by atoms with Gasteiger partial charge in [0, 0.05) is 32.7 Å². The molecule has 0 aliphatic heterocycles. The van der Waals surface area contributed by atoms with E-state index in [0.717, 1.165) is 36.8 Å². The van der Waals surface area contributed by atoms with Gasteiger partial charge in [-0.2, -0.15) is 0 Å². The Hall–Kier alpha value is -1.02. The Morgan fingerprint density at radius 2 is 2.04 bits per heavy atom. The third-order valence-corrected chi connectivity index (χ3v) is 3.07. The maximum absolute atomic E-state index is 5.77. The van der Waals surface area contributed by atoms with Gasteiger partial charge in [-0.05, 0) is 32.4 Å². The van der Waals surface area contributed by atoms with Crippen LogP contribution in [0.4, 0.5) is 0 Å². The number of hydrogen-bond donors (Lipinski definition) is 2. The number of halogens is 1. The predicted octanol–water partition coefficient (Wildman–Crippen LogP) is 2.97. The van der Waals surface area contributed by atoms with Crippen LogP contribution in [0.3, 0.4) is 0 Å². The summed E-state index contributed by atoms with van der Waals surface area (Å²) in [7, 11) is 1.70. The van der Waals surface area contributed by atoms with E-state index in [0.29, 0.717) is 13.2 Å². The minimum Gasteiger partial charge on any atom is -0.493 e. The largest absolute Gasteiger partial charge is 0.493 e. The van der Waals surface area contributed by atoms with Gasteiger partial charge >= 0.3 is 0 Å². The van der Waals surface area contributed by atoms with Crippen LogP contribution in [0.5, 0.6) is 5.75 Å². The summed E-state index contributed by atoms with van der Waals surface area (Å²) in [5.74, 6) is 1.77. The van der Waals surface area contributed by atoms with E-state index in [4.69, 9.17) is 9.47 Å². The first-order chi connectivity index (χ1) is 10.7. The zero-order valence-corrected chi connectivity index (χ0v) is 16.9. The molecule has 1 rings (SSSR count). The standard InChI is InChI=1S/C17H29N3O2.HI/c1-5-18-17(20-15(3)13-21-4)19-11-8-12-22-16-10-7-6-9-14(16)2;/h6-7,9-10,15H,5,8,11-13H2,1-4H3,(H2,18,19,20);1H. The molecule has 132 valence electrons. The van der Waals surface area contributed by atoms with Gasteiger partial charge < -0.3 is 20.1 Å². The molecule has 0 saturated carbocycles. The average molecular weight is 435 g/mol. The molecule has 5 nitrogen and oxygen atoms in total. The van der Waals surface area contributed by atoms with Crippen LogP contribution in [0, 0.1) is 6.92 Å². The summed E-state index contributed by atoms with van der Waals surface area (Å²) in [4.78, 5) is 4.55. The van der Waals surface area contributed by atoms with Gasteiger partial charge in [0.05, 0.1) is 13.2 Å². The Morgan fingerprint density at radius 3 is 2.70 bits per heavy atom. The van der Waals surface area contributed by atoms with Gasteiger partial charge in [-0.3, -0.25) is 4.99 Å². The highest BCUT2D eigenvalue weighted by Crippen LogP contribution is 2.16. The lowest BCUT2D eigenvalue weighted by atomic mass is 10.2. The van der Waals surface area contributed by atoms with Gasteiger partial charge in [0.2, 0.25) is 0 Å². The number of aliphatic imine (C=N–C) groups is 1. The van der Waals surface area contributed by atoms with Crippen LogP contribution in [0.15, 0.2) is 29.3 Å². The van der Waals surface area contributed by atoms with E-state index in [-0.39, 0.29) is 30.0 Å². The Labute approximate surface area is 157 Å². The van der Waals surface area contributed by atoms with Crippen molar-refractivity contribution in [2.75, 3.05) is 33.4 Å². The number of guanidine groups is 1. The molecule has 2 N–H and O–H groups in total. The first kappa shape index (κ1) is 22.0. The summed E-state index contributed by atoms with van der Waals surface area (Å²) in [6.07, 6.45) is 0.879. The van der Waals surface area contributed by atoms with E-state index in [1.165, 1.54) is 0 Å². The minimum absolute atomic E-state index is 0. The number of nitrogens with one attached hydrogen (secondary N) is 2. The molecule has 0 aliphatic carbocycles. The van der Waals surface area contributed by atoms with Crippen LogP contribution in [0.2, 0.25) is 0 Å². The van der Waals surface area contributed by atoms with Gasteiger partial charge in [0.1, 0.15) is 5.75 Å². The molecule has 6 heteroatoms. The number of methoxy groups -OCH3 is 1. The van der Waals surface area contributed by atoms with Gasteiger partial charge in [0.15, 0.2) is 5.96 Å². The molecule has 1 atom stereocenters.